The molecule has 0 aliphatic heterocycles. The summed E-state index contributed by atoms with van der Waals surface area (Å²) in [6.07, 6.45) is 0. The Balaban J connectivity index is 2.48. The molecule has 1 amide bonds. The third kappa shape index (κ3) is 5.16. The normalized spacial score (nSPS) is 11.6. The lowest BCUT2D eigenvalue weighted by Gasteiger charge is -2.27. The van der Waals surface area contributed by atoms with Gasteiger partial charge in [0.2, 0.25) is 5.91 Å². The highest BCUT2D eigenvalue weighted by Gasteiger charge is 2.29. The number of para-hydroxylation sites is 1. The van der Waals surface area contributed by atoms with E-state index in [2.05, 4.69) is 5.32 Å². The molecule has 0 saturated carbocycles. The molecule has 2 rings (SSSR count). The highest BCUT2D eigenvalue weighted by molar-refractivity contribution is 7.92. The summed E-state index contributed by atoms with van der Waals surface area (Å²) in [7, 11) is -1.12. The monoisotopic (exact) mass is 406 g/mol. The van der Waals surface area contributed by atoms with Crippen molar-refractivity contribution < 1.29 is 22.7 Å². The molecule has 152 valence electrons. The molecule has 2 aromatic carbocycles. The van der Waals surface area contributed by atoms with Gasteiger partial charge in [0.25, 0.3) is 10.0 Å². The number of anilines is 1. The first-order valence-electron chi connectivity index (χ1n) is 8.69. The summed E-state index contributed by atoms with van der Waals surface area (Å²) in [6.45, 7) is 5.15. The van der Waals surface area contributed by atoms with Gasteiger partial charge in [-0.25, -0.2) is 8.42 Å². The average Bonchev–Trinajstić information content (AvgIpc) is 2.64. The Morgan fingerprint density at radius 2 is 1.61 bits per heavy atom. The Kier molecular flexibility index (Phi) is 6.56. The highest BCUT2D eigenvalue weighted by atomic mass is 32.2. The summed E-state index contributed by atoms with van der Waals surface area (Å²) in [5, 5.41) is 2.79. The number of carbonyl (C=O) groups excluding carboxylic acids is 1. The van der Waals surface area contributed by atoms with Gasteiger partial charge in [-0.3, -0.25) is 9.10 Å². The maximum absolute atomic E-state index is 13.4. The standard InChI is InChI=1S/C20H26N2O5S/c1-20(2,3)21-19(23)14-22(15-9-7-6-8-10-15)28(24,25)16-11-12-17(26-4)18(13-16)27-5/h6-13H,14H2,1-5H3,(H,21,23). The molecular weight excluding hydrogens is 380 g/mol. The molecule has 0 atom stereocenters. The fourth-order valence-electron chi connectivity index (χ4n) is 2.60. The van der Waals surface area contributed by atoms with Gasteiger partial charge in [0.15, 0.2) is 11.5 Å². The number of hydrogen-bond acceptors (Lipinski definition) is 5. The topological polar surface area (TPSA) is 84.9 Å². The number of nitrogens with zero attached hydrogens (tertiary/aromatic N) is 1. The Morgan fingerprint density at radius 3 is 2.14 bits per heavy atom. The van der Waals surface area contributed by atoms with Gasteiger partial charge >= 0.3 is 0 Å². The van der Waals surface area contributed by atoms with E-state index in [1.165, 1.54) is 32.4 Å². The predicted molar refractivity (Wildman–Crippen MR) is 108 cm³/mol. The van der Waals surface area contributed by atoms with Crippen LogP contribution in [0.3, 0.4) is 0 Å². The summed E-state index contributed by atoms with van der Waals surface area (Å²) in [4.78, 5) is 12.5. The number of carbonyl (C=O) groups is 1. The smallest absolute Gasteiger partial charge is 0.264 e. The summed E-state index contributed by atoms with van der Waals surface area (Å²) in [6, 6.07) is 12.8. The first-order chi connectivity index (χ1) is 13.1. The predicted octanol–water partition coefficient (Wildman–Crippen LogP) is 2.81. The van der Waals surface area contributed by atoms with Gasteiger partial charge in [-0.05, 0) is 45.0 Å². The van der Waals surface area contributed by atoms with E-state index in [0.29, 0.717) is 11.4 Å². The second-order valence-electron chi connectivity index (χ2n) is 7.16. The minimum atomic E-state index is -4.03. The number of methoxy groups -OCH3 is 2. The molecule has 0 aliphatic rings. The summed E-state index contributed by atoms with van der Waals surface area (Å²) in [5.41, 5.74) is -0.0895. The van der Waals surface area contributed by atoms with E-state index in [-0.39, 0.29) is 17.2 Å². The van der Waals surface area contributed by atoms with E-state index in [4.69, 9.17) is 9.47 Å². The van der Waals surface area contributed by atoms with Gasteiger partial charge in [0.1, 0.15) is 6.54 Å². The van der Waals surface area contributed by atoms with Gasteiger partial charge in [-0.1, -0.05) is 18.2 Å². The van der Waals surface area contributed by atoms with Crippen molar-refractivity contribution in [2.24, 2.45) is 0 Å². The number of benzene rings is 2. The SMILES string of the molecule is COc1ccc(S(=O)(=O)N(CC(=O)NC(C)(C)C)c2ccccc2)cc1OC. The van der Waals surface area contributed by atoms with E-state index >= 15 is 0 Å². The van der Waals surface area contributed by atoms with Crippen molar-refractivity contribution in [3.8, 4) is 11.5 Å². The lowest BCUT2D eigenvalue weighted by molar-refractivity contribution is -0.121. The maximum atomic E-state index is 13.4. The van der Waals surface area contributed by atoms with Crippen LogP contribution in [0.25, 0.3) is 0 Å². The fraction of sp³-hybridized carbons (Fsp3) is 0.350. The second kappa shape index (κ2) is 8.52. The van der Waals surface area contributed by atoms with Crippen molar-refractivity contribution in [2.75, 3.05) is 25.1 Å². The van der Waals surface area contributed by atoms with Gasteiger partial charge in [0, 0.05) is 11.6 Å². The van der Waals surface area contributed by atoms with Crippen LogP contribution in [-0.2, 0) is 14.8 Å². The summed E-state index contributed by atoms with van der Waals surface area (Å²) < 4.78 is 38.2. The number of nitrogens with one attached hydrogen (secondary N) is 1. The first-order valence-corrected chi connectivity index (χ1v) is 10.1. The van der Waals surface area contributed by atoms with Crippen LogP contribution < -0.4 is 19.1 Å². The highest BCUT2D eigenvalue weighted by Crippen LogP contribution is 2.32. The van der Waals surface area contributed by atoms with Crippen molar-refractivity contribution in [3.63, 3.8) is 0 Å². The van der Waals surface area contributed by atoms with Gasteiger partial charge < -0.3 is 14.8 Å². The van der Waals surface area contributed by atoms with E-state index in [0.717, 1.165) is 4.31 Å². The summed E-state index contributed by atoms with van der Waals surface area (Å²) in [5.74, 6) is 0.300. The number of ether oxygens (including phenoxy) is 2. The molecule has 0 aliphatic carbocycles. The summed E-state index contributed by atoms with van der Waals surface area (Å²) >= 11 is 0. The number of amides is 1. The Bertz CT molecular complexity index is 921. The lowest BCUT2D eigenvalue weighted by atomic mass is 10.1. The van der Waals surface area contributed by atoms with Crippen LogP contribution in [0.15, 0.2) is 53.4 Å². The van der Waals surface area contributed by atoms with E-state index in [1.54, 1.807) is 30.3 Å². The van der Waals surface area contributed by atoms with Crippen molar-refractivity contribution in [3.05, 3.63) is 48.5 Å². The third-order valence-corrected chi connectivity index (χ3v) is 5.56. The van der Waals surface area contributed by atoms with Gasteiger partial charge in [0.05, 0.1) is 24.8 Å². The molecule has 28 heavy (non-hydrogen) atoms. The van der Waals surface area contributed by atoms with Crippen LogP contribution in [0.5, 0.6) is 11.5 Å². The van der Waals surface area contributed by atoms with Gasteiger partial charge in [-0.2, -0.15) is 0 Å². The molecule has 0 fully saturated rings. The number of sulfonamides is 1. The number of rotatable bonds is 7. The van der Waals surface area contributed by atoms with Crippen molar-refractivity contribution >= 4 is 21.6 Å². The van der Waals surface area contributed by atoms with Gasteiger partial charge in [-0.15, -0.1) is 0 Å². The zero-order valence-electron chi connectivity index (χ0n) is 16.7. The Labute approximate surface area is 166 Å². The molecule has 0 aromatic heterocycles. The van der Waals surface area contributed by atoms with E-state index in [9.17, 15) is 13.2 Å². The van der Waals surface area contributed by atoms with Crippen molar-refractivity contribution in [1.29, 1.82) is 0 Å². The average molecular weight is 407 g/mol. The zero-order valence-corrected chi connectivity index (χ0v) is 17.5. The number of hydrogen-bond donors (Lipinski definition) is 1. The molecule has 0 bridgehead atoms. The molecule has 8 heteroatoms. The van der Waals surface area contributed by atoms with Crippen LogP contribution in [0.2, 0.25) is 0 Å². The molecule has 0 saturated heterocycles. The Hall–Kier alpha value is -2.74. The zero-order chi connectivity index (χ0) is 20.9. The van der Waals surface area contributed by atoms with Crippen LogP contribution in [0.1, 0.15) is 20.8 Å². The van der Waals surface area contributed by atoms with Crippen molar-refractivity contribution in [2.45, 2.75) is 31.2 Å². The lowest BCUT2D eigenvalue weighted by Crippen LogP contribution is -2.47. The molecule has 0 heterocycles. The quantitative estimate of drug-likeness (QED) is 0.764. The fourth-order valence-corrected chi connectivity index (χ4v) is 4.04. The molecule has 0 spiro atoms. The molecular formula is C20H26N2O5S. The second-order valence-corrected chi connectivity index (χ2v) is 9.02. The molecule has 0 radical (unpaired) electrons. The third-order valence-electron chi connectivity index (χ3n) is 3.79. The van der Waals surface area contributed by atoms with E-state index < -0.39 is 21.5 Å². The molecule has 2 aromatic rings. The van der Waals surface area contributed by atoms with Crippen LogP contribution in [0.4, 0.5) is 5.69 Å². The van der Waals surface area contributed by atoms with Crippen LogP contribution in [0, 0.1) is 0 Å². The molecule has 1 N–H and O–H groups in total. The van der Waals surface area contributed by atoms with Crippen molar-refractivity contribution in [1.82, 2.24) is 5.32 Å². The maximum Gasteiger partial charge on any atom is 0.264 e. The largest absolute Gasteiger partial charge is 0.493 e. The minimum absolute atomic E-state index is 0.00226. The first kappa shape index (κ1) is 21.6. The molecule has 7 nitrogen and oxygen atoms in total. The molecule has 0 unspecified atom stereocenters. The minimum Gasteiger partial charge on any atom is -0.493 e. The Morgan fingerprint density at radius 1 is 1.00 bits per heavy atom. The van der Waals surface area contributed by atoms with Crippen LogP contribution >= 0.6 is 0 Å². The van der Waals surface area contributed by atoms with E-state index in [1.807, 2.05) is 20.8 Å². The van der Waals surface area contributed by atoms with Crippen LogP contribution in [-0.4, -0.2) is 40.6 Å².